The van der Waals surface area contributed by atoms with E-state index in [9.17, 15) is 13.4 Å². The van der Waals surface area contributed by atoms with Crippen LogP contribution in [0, 0.1) is 0 Å². The zero-order chi connectivity index (χ0) is 22.7. The Morgan fingerprint density at radius 1 is 1.24 bits per heavy atom. The Morgan fingerprint density at radius 3 is 2.88 bits per heavy atom. The van der Waals surface area contributed by atoms with Crippen molar-refractivity contribution in [3.8, 4) is 5.88 Å². The third kappa shape index (κ3) is 3.62. The number of rotatable bonds is 3. The summed E-state index contributed by atoms with van der Waals surface area (Å²) in [5.74, 6) is 0.303. The highest BCUT2D eigenvalue weighted by atomic mass is 32.2. The molecule has 0 bridgehead atoms. The van der Waals surface area contributed by atoms with E-state index in [1.54, 1.807) is 4.68 Å². The van der Waals surface area contributed by atoms with E-state index in [-0.39, 0.29) is 17.4 Å². The first kappa shape index (κ1) is 21.1. The van der Waals surface area contributed by atoms with E-state index in [1.165, 1.54) is 12.6 Å². The molecule has 1 saturated heterocycles. The number of carbonyl (C=O) groups is 1. The summed E-state index contributed by atoms with van der Waals surface area (Å²) in [6, 6.07) is 1.48. The maximum Gasteiger partial charge on any atom is 0.354 e. The molecule has 3 atom stereocenters. The average molecular weight is 475 g/mol. The topological polar surface area (TPSA) is 115 Å². The highest BCUT2D eigenvalue weighted by molar-refractivity contribution is 7.91. The standard InChI is InChI=1S/C22H27FN6O3S/c23-15-8-14-7-13-3-1-4-17(13)20(18(14)9-15)26-22(30)27-33(24,31)19-10-25-29-11-16(12-32-21(19)29)28-5-2-6-28/h7,10,15-16H,1-6,8-9,11-12H2,(H3,24,26,27,30,31)/t15-,16+,33-/m1/s1. The number of hydrogen-bond acceptors (Lipinski definition) is 5. The fourth-order valence-corrected chi connectivity index (χ4v) is 6.44. The lowest BCUT2D eigenvalue weighted by atomic mass is 9.99. The third-order valence-corrected chi connectivity index (χ3v) is 8.54. The lowest BCUT2D eigenvalue weighted by Gasteiger charge is -2.40. The number of amides is 2. The van der Waals surface area contributed by atoms with Crippen LogP contribution >= 0.6 is 0 Å². The highest BCUT2D eigenvalue weighted by Gasteiger charge is 2.33. The number of alkyl halides is 1. The molecular formula is C22H27FN6O3S. The maximum absolute atomic E-state index is 14.1. The van der Waals surface area contributed by atoms with Gasteiger partial charge in [-0.15, -0.1) is 4.36 Å². The molecule has 176 valence electrons. The molecule has 0 unspecified atom stereocenters. The molecule has 2 amide bonds. The van der Waals surface area contributed by atoms with Crippen molar-refractivity contribution in [3.05, 3.63) is 34.5 Å². The Bertz CT molecular complexity index is 1260. The second-order valence-electron chi connectivity index (χ2n) is 9.33. The van der Waals surface area contributed by atoms with Gasteiger partial charge in [-0.3, -0.25) is 4.90 Å². The lowest BCUT2D eigenvalue weighted by molar-refractivity contribution is 0.0417. The summed E-state index contributed by atoms with van der Waals surface area (Å²) >= 11 is 0. The molecule has 2 aromatic rings. The van der Waals surface area contributed by atoms with E-state index >= 15 is 0 Å². The molecule has 0 spiro atoms. The van der Waals surface area contributed by atoms with Gasteiger partial charge < -0.3 is 10.1 Å². The first-order valence-electron chi connectivity index (χ1n) is 11.5. The quantitative estimate of drug-likeness (QED) is 0.708. The van der Waals surface area contributed by atoms with Crippen LogP contribution < -0.4 is 15.2 Å². The molecular weight excluding hydrogens is 447 g/mol. The number of benzene rings is 1. The van der Waals surface area contributed by atoms with E-state index < -0.39 is 22.1 Å². The molecule has 3 heterocycles. The van der Waals surface area contributed by atoms with Crippen molar-refractivity contribution in [2.45, 2.75) is 62.2 Å². The Morgan fingerprint density at radius 2 is 2.09 bits per heavy atom. The van der Waals surface area contributed by atoms with Gasteiger partial charge in [0, 0.05) is 18.5 Å². The summed E-state index contributed by atoms with van der Waals surface area (Å²) in [4.78, 5) is 15.3. The van der Waals surface area contributed by atoms with Crippen molar-refractivity contribution in [3.63, 3.8) is 0 Å². The van der Waals surface area contributed by atoms with E-state index in [1.807, 2.05) is 0 Å². The number of aromatic nitrogens is 2. The van der Waals surface area contributed by atoms with Crippen molar-refractivity contribution >= 4 is 21.6 Å². The van der Waals surface area contributed by atoms with Crippen molar-refractivity contribution < 1.29 is 18.1 Å². The number of anilines is 1. The van der Waals surface area contributed by atoms with Crippen LogP contribution in [0.4, 0.5) is 14.9 Å². The van der Waals surface area contributed by atoms with Crippen molar-refractivity contribution in [1.29, 1.82) is 0 Å². The first-order chi connectivity index (χ1) is 15.9. The summed E-state index contributed by atoms with van der Waals surface area (Å²) in [5, 5.41) is 13.1. The van der Waals surface area contributed by atoms with Gasteiger partial charge in [-0.25, -0.2) is 23.2 Å². The Balaban J connectivity index is 1.27. The molecule has 6 rings (SSSR count). The molecule has 4 aliphatic rings. The van der Waals surface area contributed by atoms with Gasteiger partial charge in [0.25, 0.3) is 0 Å². The smallest absolute Gasteiger partial charge is 0.354 e. The molecule has 0 saturated carbocycles. The van der Waals surface area contributed by atoms with E-state index in [0.29, 0.717) is 31.1 Å². The van der Waals surface area contributed by atoms with Gasteiger partial charge in [-0.2, -0.15) is 5.10 Å². The minimum absolute atomic E-state index is 0.118. The molecule has 1 aromatic carbocycles. The van der Waals surface area contributed by atoms with E-state index in [0.717, 1.165) is 54.6 Å². The fourth-order valence-electron chi connectivity index (χ4n) is 5.44. The molecule has 1 aromatic heterocycles. The normalized spacial score (nSPS) is 25.3. The number of fused-ring (bicyclic) bond motifs is 3. The van der Waals surface area contributed by atoms with Crippen LogP contribution in [0.25, 0.3) is 0 Å². The molecule has 0 radical (unpaired) electrons. The van der Waals surface area contributed by atoms with Crippen LogP contribution in [0.1, 0.15) is 35.1 Å². The molecule has 33 heavy (non-hydrogen) atoms. The number of nitrogens with zero attached hydrogens (tertiary/aromatic N) is 4. The van der Waals surface area contributed by atoms with E-state index in [4.69, 9.17) is 9.88 Å². The van der Waals surface area contributed by atoms with Gasteiger partial charge in [-0.1, -0.05) is 6.07 Å². The van der Waals surface area contributed by atoms with Gasteiger partial charge in [0.1, 0.15) is 17.7 Å². The summed E-state index contributed by atoms with van der Waals surface area (Å²) in [7, 11) is -3.58. The Hall–Kier alpha value is -2.50. The van der Waals surface area contributed by atoms with Crippen LogP contribution in [0.5, 0.6) is 5.88 Å². The maximum atomic E-state index is 14.1. The van der Waals surface area contributed by atoms with Gasteiger partial charge in [0.15, 0.2) is 9.92 Å². The number of nitrogens with two attached hydrogens (primary N) is 1. The first-order valence-corrected chi connectivity index (χ1v) is 13.1. The number of carbonyl (C=O) groups excluding carboxylic acids is 1. The molecule has 11 heteroatoms. The summed E-state index contributed by atoms with van der Waals surface area (Å²) in [6.07, 6.45) is 4.93. The number of likely N-dealkylation sites (tertiary alicyclic amines) is 1. The monoisotopic (exact) mass is 474 g/mol. The van der Waals surface area contributed by atoms with Crippen molar-refractivity contribution in [2.75, 3.05) is 25.0 Å². The second-order valence-corrected chi connectivity index (χ2v) is 11.1. The van der Waals surface area contributed by atoms with Crippen LogP contribution in [-0.2, 0) is 42.1 Å². The van der Waals surface area contributed by atoms with Gasteiger partial charge >= 0.3 is 6.03 Å². The second kappa shape index (κ2) is 7.78. The lowest BCUT2D eigenvalue weighted by Crippen LogP contribution is -2.51. The Labute approximate surface area is 191 Å². The average Bonchev–Trinajstić information content (AvgIpc) is 3.43. The largest absolute Gasteiger partial charge is 0.475 e. The number of aryl methyl sites for hydroxylation is 1. The van der Waals surface area contributed by atoms with Crippen molar-refractivity contribution in [1.82, 2.24) is 14.7 Å². The highest BCUT2D eigenvalue weighted by Crippen LogP contribution is 2.39. The Kier molecular flexibility index (Phi) is 4.96. The molecule has 9 nitrogen and oxygen atoms in total. The van der Waals surface area contributed by atoms with Crippen LogP contribution in [0.2, 0.25) is 0 Å². The number of nitrogens with one attached hydrogen (secondary N) is 1. The molecule has 1 fully saturated rings. The van der Waals surface area contributed by atoms with Crippen LogP contribution in [0.3, 0.4) is 0 Å². The SMILES string of the molecule is N[S@@](=O)(=NC(=O)Nc1c2c(cc3c1C[C@H](F)C3)CCC2)c1cnn2c1OC[C@@H](N1CCC1)C2. The number of hydrogen-bond donors (Lipinski definition) is 2. The predicted octanol–water partition coefficient (Wildman–Crippen LogP) is 2.21. The number of ether oxygens (including phenoxy) is 1. The van der Waals surface area contributed by atoms with Crippen LogP contribution in [-0.4, -0.2) is 56.8 Å². The zero-order valence-electron chi connectivity index (χ0n) is 18.3. The number of urea groups is 1. The summed E-state index contributed by atoms with van der Waals surface area (Å²) in [5.41, 5.74) is 4.54. The molecule has 2 aliphatic heterocycles. The predicted molar refractivity (Wildman–Crippen MR) is 121 cm³/mol. The third-order valence-electron chi connectivity index (χ3n) is 7.20. The van der Waals surface area contributed by atoms with Crippen LogP contribution in [0.15, 0.2) is 21.5 Å². The molecule has 3 N–H and O–H groups in total. The van der Waals surface area contributed by atoms with Crippen molar-refractivity contribution in [2.24, 2.45) is 9.50 Å². The fraction of sp³-hybridized carbons (Fsp3) is 0.545. The summed E-state index contributed by atoms with van der Waals surface area (Å²) < 4.78 is 38.7. The van der Waals surface area contributed by atoms with Gasteiger partial charge in [0.2, 0.25) is 5.88 Å². The number of halogens is 1. The zero-order valence-corrected chi connectivity index (χ0v) is 19.1. The van der Waals surface area contributed by atoms with Gasteiger partial charge in [-0.05, 0) is 61.0 Å². The van der Waals surface area contributed by atoms with Gasteiger partial charge in [0.05, 0.1) is 18.8 Å². The minimum atomic E-state index is -3.58. The minimum Gasteiger partial charge on any atom is -0.475 e. The summed E-state index contributed by atoms with van der Waals surface area (Å²) in [6.45, 7) is 3.14. The molecule has 2 aliphatic carbocycles. The van der Waals surface area contributed by atoms with E-state index in [2.05, 4.69) is 25.7 Å².